The van der Waals surface area contributed by atoms with Crippen molar-refractivity contribution in [2.75, 3.05) is 0 Å². The summed E-state index contributed by atoms with van der Waals surface area (Å²) < 4.78 is 74.0. The van der Waals surface area contributed by atoms with E-state index in [4.69, 9.17) is 5.48 Å². The van der Waals surface area contributed by atoms with Crippen molar-refractivity contribution in [3.8, 4) is 0 Å². The fraction of sp³-hybridized carbons (Fsp3) is 0.714. The standard InChI is InChI=1S/C21H29F3/c1-2-3-14-4-6-15(7-5-14)16-8-10-17(11-9-16)18-12-19(22)21(24)20(23)13-18/h12-17H,2-11H2,1H3/i4D2,5D2. The van der Waals surface area contributed by atoms with Crippen LogP contribution in [0, 0.1) is 35.2 Å². The molecule has 2 aliphatic rings. The topological polar surface area (TPSA) is 0 Å². The van der Waals surface area contributed by atoms with E-state index in [9.17, 15) is 13.2 Å². The third-order valence-corrected chi connectivity index (χ3v) is 5.75. The van der Waals surface area contributed by atoms with Crippen LogP contribution in [-0.4, -0.2) is 0 Å². The van der Waals surface area contributed by atoms with Crippen molar-refractivity contribution in [3.63, 3.8) is 0 Å². The summed E-state index contributed by atoms with van der Waals surface area (Å²) in [4.78, 5) is 0. The summed E-state index contributed by atoms with van der Waals surface area (Å²) in [6.45, 7) is 1.96. The minimum Gasteiger partial charge on any atom is -0.204 e. The van der Waals surface area contributed by atoms with Crippen LogP contribution in [-0.2, 0) is 0 Å². The average Bonchev–Trinajstić information content (AvgIpc) is 2.62. The second-order valence-electron chi connectivity index (χ2n) is 7.33. The molecule has 0 saturated heterocycles. The third kappa shape index (κ3) is 3.97. The fourth-order valence-corrected chi connectivity index (χ4v) is 4.29. The van der Waals surface area contributed by atoms with E-state index in [2.05, 4.69) is 0 Å². The maximum Gasteiger partial charge on any atom is 0.194 e. The van der Waals surface area contributed by atoms with Crippen LogP contribution in [0.15, 0.2) is 12.1 Å². The molecule has 0 atom stereocenters. The lowest BCUT2D eigenvalue weighted by Gasteiger charge is -2.38. The maximum absolute atomic E-state index is 13.5. The minimum absolute atomic E-state index is 0.0132. The molecule has 134 valence electrons. The van der Waals surface area contributed by atoms with Crippen molar-refractivity contribution in [1.29, 1.82) is 0 Å². The van der Waals surface area contributed by atoms with E-state index < -0.39 is 36.1 Å². The highest BCUT2D eigenvalue weighted by Crippen LogP contribution is 2.44. The molecule has 1 aromatic rings. The van der Waals surface area contributed by atoms with E-state index in [-0.39, 0.29) is 17.8 Å². The summed E-state index contributed by atoms with van der Waals surface area (Å²) in [5, 5.41) is 0. The predicted octanol–water partition coefficient (Wildman–Crippen LogP) is 6.98. The van der Waals surface area contributed by atoms with E-state index in [0.717, 1.165) is 31.4 Å². The van der Waals surface area contributed by atoms with Gasteiger partial charge in [-0.1, -0.05) is 32.5 Å². The number of benzene rings is 1. The largest absolute Gasteiger partial charge is 0.204 e. The molecule has 24 heavy (non-hydrogen) atoms. The molecular weight excluding hydrogens is 309 g/mol. The number of hydrogen-bond acceptors (Lipinski definition) is 0. The second-order valence-corrected chi connectivity index (χ2v) is 7.33. The van der Waals surface area contributed by atoms with Crippen LogP contribution in [0.25, 0.3) is 0 Å². The van der Waals surface area contributed by atoms with Crippen LogP contribution in [0.1, 0.15) is 88.0 Å². The van der Waals surface area contributed by atoms with Crippen molar-refractivity contribution in [2.45, 2.75) is 77.0 Å². The Morgan fingerprint density at radius 1 is 0.917 bits per heavy atom. The van der Waals surface area contributed by atoms with E-state index in [0.29, 0.717) is 37.7 Å². The van der Waals surface area contributed by atoms with Crippen molar-refractivity contribution in [2.24, 2.45) is 17.8 Å². The Morgan fingerprint density at radius 2 is 1.46 bits per heavy atom. The number of halogens is 3. The monoisotopic (exact) mass is 342 g/mol. The zero-order valence-corrected chi connectivity index (χ0v) is 14.3. The third-order valence-electron chi connectivity index (χ3n) is 5.75. The molecule has 0 nitrogen and oxygen atoms in total. The Balaban J connectivity index is 1.67. The van der Waals surface area contributed by atoms with Crippen LogP contribution in [0.4, 0.5) is 13.2 Å². The van der Waals surface area contributed by atoms with Gasteiger partial charge in [-0.15, -0.1) is 0 Å². The molecular formula is C21H29F3. The van der Waals surface area contributed by atoms with Crippen molar-refractivity contribution in [1.82, 2.24) is 0 Å². The van der Waals surface area contributed by atoms with Crippen molar-refractivity contribution in [3.05, 3.63) is 35.1 Å². The van der Waals surface area contributed by atoms with Crippen LogP contribution >= 0.6 is 0 Å². The Bertz CT molecular complexity index is 658. The van der Waals surface area contributed by atoms with E-state index in [1.807, 2.05) is 6.92 Å². The zero-order chi connectivity index (χ0) is 20.7. The first-order chi connectivity index (χ1) is 13.0. The Labute approximate surface area is 149 Å². The summed E-state index contributed by atoms with van der Waals surface area (Å²) in [6.07, 6.45) is 2.03. The number of rotatable bonds is 4. The van der Waals surface area contributed by atoms with Crippen LogP contribution in [0.3, 0.4) is 0 Å². The van der Waals surface area contributed by atoms with Gasteiger partial charge >= 0.3 is 0 Å². The lowest BCUT2D eigenvalue weighted by atomic mass is 9.68. The second kappa shape index (κ2) is 7.93. The highest BCUT2D eigenvalue weighted by atomic mass is 19.2. The first kappa shape index (κ1) is 13.2. The lowest BCUT2D eigenvalue weighted by Crippen LogP contribution is -2.25. The van der Waals surface area contributed by atoms with Gasteiger partial charge in [0.05, 0.1) is 0 Å². The molecule has 0 aliphatic heterocycles. The molecule has 0 amide bonds. The molecule has 3 rings (SSSR count). The fourth-order valence-electron chi connectivity index (χ4n) is 4.29. The maximum atomic E-state index is 13.5. The van der Waals surface area contributed by atoms with Gasteiger partial charge in [0.2, 0.25) is 0 Å². The van der Waals surface area contributed by atoms with Gasteiger partial charge in [-0.05, 0) is 79.9 Å². The van der Waals surface area contributed by atoms with Crippen molar-refractivity contribution < 1.29 is 18.7 Å². The first-order valence-electron chi connectivity index (χ1n) is 11.2. The lowest BCUT2D eigenvalue weighted by molar-refractivity contribution is 0.156. The Morgan fingerprint density at radius 3 is 2.00 bits per heavy atom. The van der Waals surface area contributed by atoms with E-state index in [1.54, 1.807) is 0 Å². The van der Waals surface area contributed by atoms with Gasteiger partial charge in [0.1, 0.15) is 0 Å². The quantitative estimate of drug-likeness (QED) is 0.518. The highest BCUT2D eigenvalue weighted by Gasteiger charge is 2.31. The molecule has 0 radical (unpaired) electrons. The first-order valence-corrected chi connectivity index (χ1v) is 9.19. The van der Waals surface area contributed by atoms with Gasteiger partial charge in [-0.3, -0.25) is 0 Å². The Hall–Kier alpha value is -0.990. The van der Waals surface area contributed by atoms with Gasteiger partial charge in [-0.25, -0.2) is 13.2 Å². The SMILES string of the molecule is [2H]C1([2H])CC(C2CCC(c3cc(F)c(F)c(F)c3)CC2)CC([2H])([2H])C1CCC. The molecule has 2 saturated carbocycles. The summed E-state index contributed by atoms with van der Waals surface area (Å²) in [5.74, 6) is -4.15. The van der Waals surface area contributed by atoms with Gasteiger partial charge < -0.3 is 0 Å². The Kier molecular flexibility index (Phi) is 4.37. The van der Waals surface area contributed by atoms with Crippen LogP contribution in [0.2, 0.25) is 0 Å². The molecule has 1 aromatic carbocycles. The average molecular weight is 342 g/mol. The van der Waals surface area contributed by atoms with Crippen LogP contribution < -0.4 is 0 Å². The molecule has 0 aromatic heterocycles. The highest BCUT2D eigenvalue weighted by molar-refractivity contribution is 5.23. The number of hydrogen-bond donors (Lipinski definition) is 0. The molecule has 3 heteroatoms. The molecule has 0 unspecified atom stereocenters. The molecule has 0 bridgehead atoms. The molecule has 0 N–H and O–H groups in total. The molecule has 0 heterocycles. The summed E-state index contributed by atoms with van der Waals surface area (Å²) >= 11 is 0. The summed E-state index contributed by atoms with van der Waals surface area (Å²) in [7, 11) is 0. The predicted molar refractivity (Wildman–Crippen MR) is 91.4 cm³/mol. The molecule has 2 aliphatic carbocycles. The van der Waals surface area contributed by atoms with Crippen LogP contribution in [0.5, 0.6) is 0 Å². The van der Waals surface area contributed by atoms with E-state index in [1.165, 1.54) is 0 Å². The minimum atomic E-state index is -1.51. The van der Waals surface area contributed by atoms with E-state index >= 15 is 0 Å². The zero-order valence-electron chi connectivity index (χ0n) is 18.3. The van der Waals surface area contributed by atoms with Gasteiger partial charge in [0.25, 0.3) is 0 Å². The summed E-state index contributed by atoms with van der Waals surface area (Å²) in [5.41, 5.74) is 0.479. The summed E-state index contributed by atoms with van der Waals surface area (Å²) in [6, 6.07) is 2.16. The molecule has 0 spiro atoms. The normalized spacial score (nSPS) is 37.8. The smallest absolute Gasteiger partial charge is 0.194 e. The van der Waals surface area contributed by atoms with Gasteiger partial charge in [0, 0.05) is 5.48 Å². The van der Waals surface area contributed by atoms with Gasteiger partial charge in [-0.2, -0.15) is 0 Å². The van der Waals surface area contributed by atoms with Gasteiger partial charge in [0.15, 0.2) is 17.5 Å². The molecule has 2 fully saturated rings. The van der Waals surface area contributed by atoms with Crippen molar-refractivity contribution >= 4 is 0 Å².